The lowest BCUT2D eigenvalue weighted by molar-refractivity contribution is 0.156. The molecule has 0 radical (unpaired) electrons. The lowest BCUT2D eigenvalue weighted by Gasteiger charge is -2.42. The van der Waals surface area contributed by atoms with Crippen LogP contribution in [0.1, 0.15) is 47.1 Å². The number of amides is 1. The summed E-state index contributed by atoms with van der Waals surface area (Å²) in [6.45, 7) is 14.2. The van der Waals surface area contributed by atoms with Crippen LogP contribution in [0.2, 0.25) is 16.6 Å². The number of benzene rings is 1. The third-order valence-corrected chi connectivity index (χ3v) is 17.4. The Hall–Kier alpha value is -1.01. The number of hydrogen-bond donors (Lipinski definition) is 1. The van der Waals surface area contributed by atoms with Crippen LogP contribution in [0.15, 0.2) is 23.1 Å². The molecule has 3 nitrogen and oxygen atoms in total. The molecule has 0 heterocycles. The average molecular weight is 386 g/mol. The molecular weight excluding hydrogens is 353 g/mol. The van der Waals surface area contributed by atoms with Crippen LogP contribution in [-0.4, -0.2) is 36.9 Å². The summed E-state index contributed by atoms with van der Waals surface area (Å²) < 4.78 is 13.8. The largest absolute Gasteiger partial charge is 0.465 e. The van der Waals surface area contributed by atoms with Crippen molar-refractivity contribution in [3.8, 4) is 0 Å². The Balaban J connectivity index is 3.20. The van der Waals surface area contributed by atoms with Crippen molar-refractivity contribution in [1.29, 1.82) is 0 Å². The lowest BCUT2D eigenvalue weighted by Crippen LogP contribution is -2.41. The normalized spacial score (nSPS) is 12.3. The van der Waals surface area contributed by atoms with Gasteiger partial charge in [-0.2, -0.15) is 0 Å². The van der Waals surface area contributed by atoms with Crippen molar-refractivity contribution in [2.75, 3.05) is 13.6 Å². The summed E-state index contributed by atoms with van der Waals surface area (Å²) in [6.07, 6.45) is -0.428. The Labute approximate surface area is 156 Å². The van der Waals surface area contributed by atoms with E-state index in [2.05, 4.69) is 41.5 Å². The van der Waals surface area contributed by atoms with Gasteiger partial charge in [-0.25, -0.2) is 9.18 Å². The molecule has 25 heavy (non-hydrogen) atoms. The van der Waals surface area contributed by atoms with E-state index in [1.165, 1.54) is 11.0 Å². The highest BCUT2D eigenvalue weighted by atomic mass is 32.4. The Bertz CT molecular complexity index is 571. The average Bonchev–Trinajstić information content (AvgIpc) is 2.50. The molecule has 1 amide bonds. The van der Waals surface area contributed by atoms with E-state index in [1.54, 1.807) is 13.1 Å². The van der Waals surface area contributed by atoms with E-state index in [9.17, 15) is 9.18 Å². The monoisotopic (exact) mass is 385 g/mol. The summed E-state index contributed by atoms with van der Waals surface area (Å²) in [4.78, 5) is 13.4. The van der Waals surface area contributed by atoms with Gasteiger partial charge in [-0.15, -0.1) is 11.2 Å². The first-order chi connectivity index (χ1) is 11.5. The van der Waals surface area contributed by atoms with Gasteiger partial charge in [0.05, 0.1) is 0 Å². The summed E-state index contributed by atoms with van der Waals surface area (Å²) in [5.41, 5.74) is 2.70. The molecule has 1 aromatic carbocycles. The molecule has 1 N–H and O–H groups in total. The molecule has 0 fully saturated rings. The first-order valence-corrected chi connectivity index (χ1v) is 12.7. The number of hydrogen-bond acceptors (Lipinski definition) is 2. The summed E-state index contributed by atoms with van der Waals surface area (Å²) in [7, 11) is -0.185. The minimum atomic E-state index is -1.73. The van der Waals surface area contributed by atoms with Crippen molar-refractivity contribution in [2.24, 2.45) is 0 Å². The number of halogens is 1. The third kappa shape index (κ3) is 5.23. The van der Waals surface area contributed by atoms with Crippen LogP contribution in [0.25, 0.3) is 0 Å². The van der Waals surface area contributed by atoms with Crippen molar-refractivity contribution in [3.05, 3.63) is 29.6 Å². The molecule has 0 saturated carbocycles. The van der Waals surface area contributed by atoms with Gasteiger partial charge in [-0.3, -0.25) is 0 Å². The smallest absolute Gasteiger partial charge is 0.407 e. The Morgan fingerprint density at radius 3 is 2.12 bits per heavy atom. The highest BCUT2D eigenvalue weighted by Gasteiger charge is 2.44. The van der Waals surface area contributed by atoms with E-state index in [0.717, 1.165) is 10.5 Å². The van der Waals surface area contributed by atoms with Crippen LogP contribution in [0.4, 0.5) is 9.18 Å². The second-order valence-electron chi connectivity index (χ2n) is 7.63. The Morgan fingerprint density at radius 1 is 1.16 bits per heavy atom. The first-order valence-electron chi connectivity index (χ1n) is 8.93. The SMILES string of the molecule is CC(C)[Si](Sc1ccc(F)cc1CCN(C)C(=O)O)(C(C)C)C(C)C. The number of nitrogens with zero attached hydrogens (tertiary/aromatic N) is 1. The van der Waals surface area contributed by atoms with Gasteiger partial charge in [0.2, 0.25) is 0 Å². The molecule has 142 valence electrons. The zero-order valence-electron chi connectivity index (χ0n) is 16.5. The molecular formula is C19H32FNO2SSi. The Morgan fingerprint density at radius 2 is 1.68 bits per heavy atom. The van der Waals surface area contributed by atoms with Gasteiger partial charge in [0.15, 0.2) is 0 Å². The molecule has 0 aromatic heterocycles. The van der Waals surface area contributed by atoms with E-state index in [0.29, 0.717) is 29.6 Å². The van der Waals surface area contributed by atoms with Crippen LogP contribution < -0.4 is 0 Å². The van der Waals surface area contributed by atoms with Crippen LogP contribution in [0.3, 0.4) is 0 Å². The fraction of sp³-hybridized carbons (Fsp3) is 0.632. The molecule has 0 atom stereocenters. The number of carboxylic acid groups (broad SMARTS) is 1. The van der Waals surface area contributed by atoms with Gasteiger partial charge in [-0.1, -0.05) is 41.5 Å². The third-order valence-electron chi connectivity index (χ3n) is 5.06. The summed E-state index contributed by atoms with van der Waals surface area (Å²) in [6, 6.07) is 4.97. The van der Waals surface area contributed by atoms with Gasteiger partial charge in [-0.05, 0) is 46.8 Å². The maximum Gasteiger partial charge on any atom is 0.407 e. The zero-order valence-corrected chi connectivity index (χ0v) is 18.3. The second kappa shape index (κ2) is 9.08. The maximum absolute atomic E-state index is 13.8. The molecule has 1 aromatic rings. The highest BCUT2D eigenvalue weighted by molar-refractivity contribution is 8.29. The molecule has 0 unspecified atom stereocenters. The minimum absolute atomic E-state index is 0.261. The van der Waals surface area contributed by atoms with Gasteiger partial charge >= 0.3 is 6.09 Å². The molecule has 0 bridgehead atoms. The molecule has 0 saturated heterocycles. The number of likely N-dealkylation sites (N-methyl/N-ethyl adjacent to an activating group) is 1. The summed E-state index contributed by atoms with van der Waals surface area (Å²) in [5.74, 6) is -0.261. The van der Waals surface area contributed by atoms with Crippen molar-refractivity contribution in [3.63, 3.8) is 0 Å². The van der Waals surface area contributed by atoms with E-state index >= 15 is 0 Å². The molecule has 0 aliphatic heterocycles. The van der Waals surface area contributed by atoms with Crippen LogP contribution >= 0.6 is 11.2 Å². The fourth-order valence-corrected chi connectivity index (χ4v) is 13.1. The minimum Gasteiger partial charge on any atom is -0.465 e. The zero-order chi connectivity index (χ0) is 19.4. The first kappa shape index (κ1) is 22.0. The maximum atomic E-state index is 13.8. The summed E-state index contributed by atoms with van der Waals surface area (Å²) in [5, 5.41) is 9.04. The number of carbonyl (C=O) groups is 1. The van der Waals surface area contributed by atoms with E-state index in [4.69, 9.17) is 5.11 Å². The standard InChI is InChI=1S/C19H32FNO2SSi/c1-13(2)25(14(3)4,15(5)6)24-18-9-8-17(20)12-16(18)10-11-21(7)19(22)23/h8-9,12-15H,10-11H2,1-7H3,(H,22,23). The van der Waals surface area contributed by atoms with Gasteiger partial charge in [0.1, 0.15) is 13.0 Å². The van der Waals surface area contributed by atoms with E-state index < -0.39 is 13.3 Å². The van der Waals surface area contributed by atoms with Crippen molar-refractivity contribution >= 4 is 24.5 Å². The van der Waals surface area contributed by atoms with Gasteiger partial charge in [0.25, 0.3) is 0 Å². The quantitative estimate of drug-likeness (QED) is 0.538. The molecule has 1 rings (SSSR count). The van der Waals surface area contributed by atoms with E-state index in [-0.39, 0.29) is 5.82 Å². The van der Waals surface area contributed by atoms with Crippen molar-refractivity contribution in [2.45, 2.75) is 69.5 Å². The topological polar surface area (TPSA) is 40.5 Å². The Kier molecular flexibility index (Phi) is 8.00. The van der Waals surface area contributed by atoms with Crippen LogP contribution in [0, 0.1) is 5.82 Å². The van der Waals surface area contributed by atoms with Crippen LogP contribution in [0.5, 0.6) is 0 Å². The van der Waals surface area contributed by atoms with Gasteiger partial charge in [0, 0.05) is 18.5 Å². The molecule has 0 aliphatic rings. The molecule has 0 spiro atoms. The van der Waals surface area contributed by atoms with E-state index in [1.807, 2.05) is 17.3 Å². The highest BCUT2D eigenvalue weighted by Crippen LogP contribution is 2.52. The van der Waals surface area contributed by atoms with Crippen molar-refractivity contribution in [1.82, 2.24) is 4.90 Å². The predicted molar refractivity (Wildman–Crippen MR) is 108 cm³/mol. The van der Waals surface area contributed by atoms with Crippen molar-refractivity contribution < 1.29 is 14.3 Å². The fourth-order valence-electron chi connectivity index (χ4n) is 3.77. The van der Waals surface area contributed by atoms with Crippen LogP contribution in [-0.2, 0) is 6.42 Å². The number of rotatable bonds is 8. The summed E-state index contributed by atoms with van der Waals surface area (Å²) >= 11 is 1.96. The second-order valence-corrected chi connectivity index (χ2v) is 16.2. The molecule has 6 heteroatoms. The predicted octanol–water partition coefficient (Wildman–Crippen LogP) is 6.25. The van der Waals surface area contributed by atoms with Gasteiger partial charge < -0.3 is 10.0 Å². The lowest BCUT2D eigenvalue weighted by atomic mass is 10.1. The molecule has 0 aliphatic carbocycles.